The monoisotopic (exact) mass is 314 g/mol. The van der Waals surface area contributed by atoms with E-state index in [2.05, 4.69) is 17.4 Å². The number of carbonyl (C=O) groups excluding carboxylic acids is 1. The maximum absolute atomic E-state index is 11.2. The van der Waals surface area contributed by atoms with Gasteiger partial charge in [-0.3, -0.25) is 9.59 Å². The summed E-state index contributed by atoms with van der Waals surface area (Å²) in [6.07, 6.45) is 0.973. The maximum atomic E-state index is 11.2. The number of hydrogen-bond donors (Lipinski definition) is 3. The van der Waals surface area contributed by atoms with Gasteiger partial charge >= 0.3 is 5.97 Å². The summed E-state index contributed by atoms with van der Waals surface area (Å²) in [6, 6.07) is 19.0. The lowest BCUT2D eigenvalue weighted by molar-refractivity contribution is -0.135. The number of rotatable bonds is 5. The van der Waals surface area contributed by atoms with Crippen LogP contribution in [0.4, 0.5) is 0 Å². The Morgan fingerprint density at radius 1 is 1.04 bits per heavy atom. The molecular formula is C18H22N2O3. The molecule has 0 aromatic heterocycles. The largest absolute Gasteiger partial charge is 0.480 e. The Bertz CT molecular complexity index is 598. The highest BCUT2D eigenvalue weighted by atomic mass is 16.4. The molecule has 0 heterocycles. The summed E-state index contributed by atoms with van der Waals surface area (Å²) >= 11 is 0. The van der Waals surface area contributed by atoms with Crippen LogP contribution in [0.1, 0.15) is 22.8 Å². The van der Waals surface area contributed by atoms with Crippen molar-refractivity contribution >= 4 is 11.9 Å². The van der Waals surface area contributed by atoms with Crippen LogP contribution in [0.25, 0.3) is 0 Å². The zero-order valence-electron chi connectivity index (χ0n) is 13.1. The third-order valence-corrected chi connectivity index (χ3v) is 2.84. The predicted octanol–water partition coefficient (Wildman–Crippen LogP) is 2.08. The van der Waals surface area contributed by atoms with Gasteiger partial charge in [0.05, 0.1) is 0 Å². The second-order valence-corrected chi connectivity index (χ2v) is 5.11. The standard InChI is InChI=1S/C9H9NO3.C9H13N/c11-8(12)6-10-9(13)7-4-2-1-3-5-7;1-8(10)7-9-5-3-2-4-6-9/h1-5H,6H2,(H,10,13)(H,11,12);2-6,8H,7,10H2,1H3. The van der Waals surface area contributed by atoms with Crippen LogP contribution in [0.2, 0.25) is 0 Å². The summed E-state index contributed by atoms with van der Waals surface area (Å²) in [6.45, 7) is 1.67. The quantitative estimate of drug-likeness (QED) is 0.788. The second-order valence-electron chi connectivity index (χ2n) is 5.11. The van der Waals surface area contributed by atoms with Gasteiger partial charge in [-0.25, -0.2) is 0 Å². The molecule has 0 fully saturated rings. The van der Waals surface area contributed by atoms with E-state index < -0.39 is 5.97 Å². The van der Waals surface area contributed by atoms with Crippen LogP contribution < -0.4 is 11.1 Å². The molecule has 0 saturated carbocycles. The van der Waals surface area contributed by atoms with Gasteiger partial charge in [-0.05, 0) is 31.0 Å². The Morgan fingerprint density at radius 2 is 1.57 bits per heavy atom. The molecule has 0 aliphatic carbocycles. The van der Waals surface area contributed by atoms with E-state index in [9.17, 15) is 9.59 Å². The number of carboxylic acid groups (broad SMARTS) is 1. The lowest BCUT2D eigenvalue weighted by Crippen LogP contribution is -2.29. The van der Waals surface area contributed by atoms with E-state index in [-0.39, 0.29) is 18.5 Å². The van der Waals surface area contributed by atoms with Gasteiger partial charge < -0.3 is 16.2 Å². The second kappa shape index (κ2) is 10.1. The molecule has 5 heteroatoms. The first-order chi connectivity index (χ1) is 11.0. The van der Waals surface area contributed by atoms with E-state index in [1.807, 2.05) is 25.1 Å². The molecule has 4 N–H and O–H groups in total. The third-order valence-electron chi connectivity index (χ3n) is 2.84. The lowest BCUT2D eigenvalue weighted by Gasteiger charge is -2.02. The van der Waals surface area contributed by atoms with Crippen molar-refractivity contribution in [1.82, 2.24) is 5.32 Å². The van der Waals surface area contributed by atoms with Crippen molar-refractivity contribution in [3.8, 4) is 0 Å². The van der Waals surface area contributed by atoms with Gasteiger partial charge in [-0.15, -0.1) is 0 Å². The van der Waals surface area contributed by atoms with E-state index in [1.54, 1.807) is 30.3 Å². The maximum Gasteiger partial charge on any atom is 0.322 e. The molecule has 2 rings (SSSR count). The average molecular weight is 314 g/mol. The number of benzene rings is 2. The zero-order valence-corrected chi connectivity index (χ0v) is 13.1. The molecule has 0 radical (unpaired) electrons. The Morgan fingerprint density at radius 3 is 2.04 bits per heavy atom. The Kier molecular flexibility index (Phi) is 8.10. The van der Waals surface area contributed by atoms with Crippen LogP contribution in [0.5, 0.6) is 0 Å². The molecule has 0 aliphatic rings. The Labute approximate surface area is 136 Å². The SMILES string of the molecule is CC(N)Cc1ccccc1.O=C(O)CNC(=O)c1ccccc1. The fourth-order valence-electron chi connectivity index (χ4n) is 1.83. The summed E-state index contributed by atoms with van der Waals surface area (Å²) in [4.78, 5) is 21.3. The van der Waals surface area contributed by atoms with E-state index in [0.717, 1.165) is 6.42 Å². The smallest absolute Gasteiger partial charge is 0.322 e. The molecule has 0 spiro atoms. The molecular weight excluding hydrogens is 292 g/mol. The minimum Gasteiger partial charge on any atom is -0.480 e. The predicted molar refractivity (Wildman–Crippen MR) is 90.2 cm³/mol. The molecule has 1 amide bonds. The van der Waals surface area contributed by atoms with Crippen LogP contribution >= 0.6 is 0 Å². The number of carbonyl (C=O) groups is 2. The number of nitrogens with one attached hydrogen (secondary N) is 1. The molecule has 1 unspecified atom stereocenters. The number of aliphatic carboxylic acids is 1. The summed E-state index contributed by atoms with van der Waals surface area (Å²) in [5.74, 6) is -1.42. The van der Waals surface area contributed by atoms with Crippen LogP contribution in [0.15, 0.2) is 60.7 Å². The van der Waals surface area contributed by atoms with Gasteiger partial charge in [-0.1, -0.05) is 48.5 Å². The van der Waals surface area contributed by atoms with Crippen molar-refractivity contribution in [2.24, 2.45) is 5.73 Å². The van der Waals surface area contributed by atoms with E-state index in [1.165, 1.54) is 5.56 Å². The molecule has 122 valence electrons. The van der Waals surface area contributed by atoms with Crippen LogP contribution in [-0.4, -0.2) is 29.6 Å². The van der Waals surface area contributed by atoms with E-state index in [0.29, 0.717) is 5.56 Å². The highest BCUT2D eigenvalue weighted by molar-refractivity contribution is 5.95. The highest BCUT2D eigenvalue weighted by Gasteiger charge is 2.04. The number of nitrogens with two attached hydrogens (primary N) is 1. The summed E-state index contributed by atoms with van der Waals surface area (Å²) in [7, 11) is 0. The van der Waals surface area contributed by atoms with Gasteiger partial charge in [0.1, 0.15) is 6.54 Å². The molecule has 2 aromatic rings. The summed E-state index contributed by atoms with van der Waals surface area (Å²) < 4.78 is 0. The van der Waals surface area contributed by atoms with Crippen molar-refractivity contribution < 1.29 is 14.7 Å². The fourth-order valence-corrected chi connectivity index (χ4v) is 1.83. The van der Waals surface area contributed by atoms with Gasteiger partial charge in [0.2, 0.25) is 0 Å². The number of carboxylic acids is 1. The van der Waals surface area contributed by atoms with E-state index in [4.69, 9.17) is 10.8 Å². The van der Waals surface area contributed by atoms with E-state index >= 15 is 0 Å². The molecule has 2 aromatic carbocycles. The van der Waals surface area contributed by atoms with Crippen LogP contribution in [-0.2, 0) is 11.2 Å². The Balaban J connectivity index is 0.000000238. The Hall–Kier alpha value is -2.66. The number of hydrogen-bond acceptors (Lipinski definition) is 3. The minimum atomic E-state index is -1.05. The van der Waals surface area contributed by atoms with Crippen molar-refractivity contribution in [2.75, 3.05) is 6.54 Å². The highest BCUT2D eigenvalue weighted by Crippen LogP contribution is 2.00. The molecule has 23 heavy (non-hydrogen) atoms. The zero-order chi connectivity index (χ0) is 17.1. The number of amides is 1. The summed E-state index contributed by atoms with van der Waals surface area (Å²) in [5, 5.41) is 10.6. The first kappa shape index (κ1) is 18.4. The average Bonchev–Trinajstić information content (AvgIpc) is 2.54. The molecule has 0 bridgehead atoms. The summed E-state index contributed by atoms with van der Waals surface area (Å²) in [5.41, 5.74) is 7.40. The van der Waals surface area contributed by atoms with Gasteiger partial charge in [0.25, 0.3) is 5.91 Å². The van der Waals surface area contributed by atoms with Crippen LogP contribution in [0.3, 0.4) is 0 Å². The van der Waals surface area contributed by atoms with Crippen molar-refractivity contribution in [3.05, 3.63) is 71.8 Å². The molecule has 1 atom stereocenters. The normalized spacial score (nSPS) is 10.9. The fraction of sp³-hybridized carbons (Fsp3) is 0.222. The molecule has 0 aliphatic heterocycles. The van der Waals surface area contributed by atoms with Gasteiger partial charge in [-0.2, -0.15) is 0 Å². The lowest BCUT2D eigenvalue weighted by atomic mass is 10.1. The first-order valence-electron chi connectivity index (χ1n) is 7.33. The topological polar surface area (TPSA) is 92.4 Å². The first-order valence-corrected chi connectivity index (χ1v) is 7.33. The van der Waals surface area contributed by atoms with Gasteiger partial charge in [0.15, 0.2) is 0 Å². The third kappa shape index (κ3) is 8.38. The van der Waals surface area contributed by atoms with Crippen molar-refractivity contribution in [1.29, 1.82) is 0 Å². The van der Waals surface area contributed by atoms with Crippen molar-refractivity contribution in [2.45, 2.75) is 19.4 Å². The molecule has 0 saturated heterocycles. The minimum absolute atomic E-state index is 0.266. The molecule has 5 nitrogen and oxygen atoms in total. The van der Waals surface area contributed by atoms with Crippen molar-refractivity contribution in [3.63, 3.8) is 0 Å². The van der Waals surface area contributed by atoms with Gasteiger partial charge in [0, 0.05) is 11.6 Å². The van der Waals surface area contributed by atoms with Crippen LogP contribution in [0, 0.1) is 0 Å².